The number of aromatic nitrogens is 1. The monoisotopic (exact) mass is 310 g/mol. The van der Waals surface area contributed by atoms with Gasteiger partial charge in [0.2, 0.25) is 5.78 Å². The molecule has 0 bridgehead atoms. The van der Waals surface area contributed by atoms with Crippen molar-refractivity contribution in [2.45, 2.75) is 24.9 Å². The Hall–Kier alpha value is -2.53. The fourth-order valence-corrected chi connectivity index (χ4v) is 3.07. The van der Waals surface area contributed by atoms with Gasteiger partial charge in [-0.1, -0.05) is 24.3 Å². The lowest BCUT2D eigenvalue weighted by atomic mass is 9.97. The maximum atomic E-state index is 11.8. The Bertz CT molecular complexity index is 810. The summed E-state index contributed by atoms with van der Waals surface area (Å²) >= 11 is 0. The van der Waals surface area contributed by atoms with Crippen molar-refractivity contribution in [2.24, 2.45) is 7.05 Å². The minimum Gasteiger partial charge on any atom is -0.319 e. The molecule has 118 valence electrons. The van der Waals surface area contributed by atoms with Crippen LogP contribution in [0.1, 0.15) is 35.2 Å². The third-order valence-corrected chi connectivity index (χ3v) is 4.34. The Morgan fingerprint density at radius 2 is 2.00 bits per heavy atom. The van der Waals surface area contributed by atoms with Crippen LogP contribution in [0.25, 0.3) is 0 Å². The van der Waals surface area contributed by atoms with Crippen LogP contribution in [0, 0.1) is 0 Å². The first-order valence-corrected chi connectivity index (χ1v) is 7.59. The highest BCUT2D eigenvalue weighted by molar-refractivity contribution is 6.27. The predicted molar refractivity (Wildman–Crippen MR) is 86.1 cm³/mol. The van der Waals surface area contributed by atoms with Gasteiger partial charge in [-0.15, -0.1) is 0 Å². The van der Waals surface area contributed by atoms with E-state index in [-0.39, 0.29) is 11.6 Å². The van der Waals surface area contributed by atoms with Gasteiger partial charge in [0.25, 0.3) is 5.56 Å². The van der Waals surface area contributed by atoms with Crippen LogP contribution in [0.5, 0.6) is 0 Å². The molecule has 2 unspecified atom stereocenters. The molecule has 23 heavy (non-hydrogen) atoms. The highest BCUT2D eigenvalue weighted by Gasteiger charge is 2.33. The van der Waals surface area contributed by atoms with E-state index in [0.717, 1.165) is 29.5 Å². The van der Waals surface area contributed by atoms with Crippen LogP contribution in [-0.2, 0) is 23.1 Å². The van der Waals surface area contributed by atoms with Gasteiger partial charge in [-0.3, -0.25) is 19.7 Å². The van der Waals surface area contributed by atoms with Crippen molar-refractivity contribution in [3.05, 3.63) is 69.6 Å². The molecule has 2 atom stereocenters. The average Bonchev–Trinajstić information content (AvgIpc) is 2.94. The van der Waals surface area contributed by atoms with Crippen LogP contribution in [-0.4, -0.2) is 16.6 Å². The molecule has 0 saturated heterocycles. The largest absolute Gasteiger partial charge is 0.319 e. The molecule has 1 aliphatic rings. The van der Waals surface area contributed by atoms with Gasteiger partial charge in [0.05, 0.1) is 0 Å². The molecule has 0 spiro atoms. The zero-order chi connectivity index (χ0) is 16.4. The number of rotatable bonds is 5. The second-order valence-corrected chi connectivity index (χ2v) is 5.82. The lowest BCUT2D eigenvalue weighted by molar-refractivity contribution is -0.131. The second kappa shape index (κ2) is 6.30. The first kappa shape index (κ1) is 15.4. The Balaban J connectivity index is 1.78. The quantitative estimate of drug-likeness (QED) is 0.671. The van der Waals surface area contributed by atoms with Gasteiger partial charge < -0.3 is 4.57 Å². The van der Waals surface area contributed by atoms with E-state index in [9.17, 15) is 14.4 Å². The van der Waals surface area contributed by atoms with Crippen LogP contribution in [0.15, 0.2) is 47.4 Å². The van der Waals surface area contributed by atoms with Crippen LogP contribution < -0.4 is 10.9 Å². The van der Waals surface area contributed by atoms with Crippen molar-refractivity contribution in [2.75, 3.05) is 0 Å². The van der Waals surface area contributed by atoms with E-state index >= 15 is 0 Å². The fraction of sp³-hybridized carbons (Fsp3) is 0.278. The number of carbonyl (C=O) groups is 2. The van der Waals surface area contributed by atoms with E-state index < -0.39 is 11.8 Å². The van der Waals surface area contributed by atoms with Crippen molar-refractivity contribution in [3.8, 4) is 0 Å². The van der Waals surface area contributed by atoms with Crippen LogP contribution in [0.3, 0.4) is 0 Å². The summed E-state index contributed by atoms with van der Waals surface area (Å²) in [6.07, 6.45) is 3.61. The molecule has 2 heterocycles. The number of nitrogens with zero attached hydrogens (tertiary/aromatic N) is 1. The Labute approximate surface area is 134 Å². The lowest BCUT2D eigenvalue weighted by Crippen LogP contribution is -2.26. The topological polar surface area (TPSA) is 68.2 Å². The molecular formula is C18H18N2O3. The molecule has 1 aliphatic heterocycles. The molecule has 0 amide bonds. The minimum atomic E-state index is -0.558. The fourth-order valence-electron chi connectivity index (χ4n) is 3.07. The Kier molecular flexibility index (Phi) is 4.21. The smallest absolute Gasteiger partial charge is 0.250 e. The number of aldehydes is 1. The van der Waals surface area contributed by atoms with E-state index in [0.29, 0.717) is 6.29 Å². The average molecular weight is 310 g/mol. The molecule has 0 fully saturated rings. The van der Waals surface area contributed by atoms with Crippen molar-refractivity contribution in [1.82, 2.24) is 9.88 Å². The van der Waals surface area contributed by atoms with Gasteiger partial charge in [0.1, 0.15) is 6.04 Å². The summed E-state index contributed by atoms with van der Waals surface area (Å²) in [6, 6.07) is 10.7. The Morgan fingerprint density at radius 3 is 2.70 bits per heavy atom. The number of hydrogen-bond donors (Lipinski definition) is 1. The van der Waals surface area contributed by atoms with E-state index in [4.69, 9.17) is 0 Å². The second-order valence-electron chi connectivity index (χ2n) is 5.82. The molecule has 1 N–H and O–H groups in total. The maximum Gasteiger partial charge on any atom is 0.250 e. The number of pyridine rings is 1. The van der Waals surface area contributed by atoms with Crippen LogP contribution in [0.4, 0.5) is 0 Å². The van der Waals surface area contributed by atoms with Gasteiger partial charge >= 0.3 is 0 Å². The minimum absolute atomic E-state index is 0.00385. The first-order chi connectivity index (χ1) is 11.1. The molecule has 1 aromatic heterocycles. The number of Topliss-reactive ketones (excluding diaryl/α,β-unsaturated/α-hetero) is 1. The standard InChI is InChI=1S/C18H18N2O3/c1-20-9-8-12(10-17(20)23)6-7-15-13-4-2-3-5-14(13)18(19-15)16(22)11-21/h2-5,8-11,15,18-19H,6-7H2,1H3. The summed E-state index contributed by atoms with van der Waals surface area (Å²) < 4.78 is 1.53. The number of hydrogen-bond acceptors (Lipinski definition) is 4. The first-order valence-electron chi connectivity index (χ1n) is 7.59. The molecule has 2 aromatic rings. The summed E-state index contributed by atoms with van der Waals surface area (Å²) in [7, 11) is 1.72. The highest BCUT2D eigenvalue weighted by atomic mass is 16.2. The maximum absolute atomic E-state index is 11.8. The summed E-state index contributed by atoms with van der Waals surface area (Å²) in [5.41, 5.74) is 2.86. The SMILES string of the molecule is Cn1ccc(CCC2NC(C(=O)C=O)c3ccccc32)cc1=O. The zero-order valence-corrected chi connectivity index (χ0v) is 12.9. The predicted octanol–water partition coefficient (Wildman–Crippen LogP) is 1.47. The number of aryl methyl sites for hydroxylation is 2. The number of carbonyl (C=O) groups excluding carboxylic acids is 2. The molecule has 0 saturated carbocycles. The third-order valence-electron chi connectivity index (χ3n) is 4.34. The number of fused-ring (bicyclic) bond motifs is 1. The van der Waals surface area contributed by atoms with Gasteiger partial charge in [-0.2, -0.15) is 0 Å². The van der Waals surface area contributed by atoms with Gasteiger partial charge in [0.15, 0.2) is 6.29 Å². The van der Waals surface area contributed by atoms with E-state index in [1.807, 2.05) is 30.3 Å². The lowest BCUT2D eigenvalue weighted by Gasteiger charge is -2.13. The summed E-state index contributed by atoms with van der Waals surface area (Å²) in [5, 5.41) is 3.24. The van der Waals surface area contributed by atoms with E-state index in [1.54, 1.807) is 19.3 Å². The molecule has 1 aromatic carbocycles. The molecule has 3 rings (SSSR count). The van der Waals surface area contributed by atoms with Gasteiger partial charge in [0, 0.05) is 25.4 Å². The van der Waals surface area contributed by atoms with Gasteiger partial charge in [-0.25, -0.2) is 0 Å². The van der Waals surface area contributed by atoms with E-state index in [2.05, 4.69) is 5.32 Å². The van der Waals surface area contributed by atoms with Crippen molar-refractivity contribution in [1.29, 1.82) is 0 Å². The zero-order valence-electron chi connectivity index (χ0n) is 12.9. The molecular weight excluding hydrogens is 292 g/mol. The number of ketones is 1. The summed E-state index contributed by atoms with van der Waals surface area (Å²) in [6.45, 7) is 0. The van der Waals surface area contributed by atoms with Crippen LogP contribution >= 0.6 is 0 Å². The van der Waals surface area contributed by atoms with Crippen molar-refractivity contribution >= 4 is 12.1 Å². The summed E-state index contributed by atoms with van der Waals surface area (Å²) in [5.74, 6) is -0.450. The molecule has 0 aliphatic carbocycles. The van der Waals surface area contributed by atoms with Crippen molar-refractivity contribution in [3.63, 3.8) is 0 Å². The Morgan fingerprint density at radius 1 is 1.26 bits per heavy atom. The number of nitrogens with one attached hydrogen (secondary N) is 1. The van der Waals surface area contributed by atoms with Crippen molar-refractivity contribution < 1.29 is 9.59 Å². The van der Waals surface area contributed by atoms with Crippen LogP contribution in [0.2, 0.25) is 0 Å². The molecule has 5 heteroatoms. The third kappa shape index (κ3) is 3.00. The molecule has 0 radical (unpaired) electrons. The summed E-state index contributed by atoms with van der Waals surface area (Å²) in [4.78, 5) is 34.3. The number of benzene rings is 1. The highest BCUT2D eigenvalue weighted by Crippen LogP contribution is 2.35. The van der Waals surface area contributed by atoms with E-state index in [1.165, 1.54) is 4.57 Å². The normalized spacial score (nSPS) is 19.3. The molecule has 5 nitrogen and oxygen atoms in total. The van der Waals surface area contributed by atoms with Gasteiger partial charge in [-0.05, 0) is 35.6 Å².